The van der Waals surface area contributed by atoms with E-state index >= 15 is 0 Å². The van der Waals surface area contributed by atoms with Crippen LogP contribution >= 0.6 is 23.1 Å². The average Bonchev–Trinajstić information content (AvgIpc) is 3.39. The van der Waals surface area contributed by atoms with Crippen molar-refractivity contribution in [3.05, 3.63) is 64.5 Å². The lowest BCUT2D eigenvalue weighted by Gasteiger charge is -2.12. The number of carbonyl (C=O) groups excluding carboxylic acids is 2. The summed E-state index contributed by atoms with van der Waals surface area (Å²) in [7, 11) is 0. The normalized spacial score (nSPS) is 13.0. The number of nitrogens with one attached hydrogen (secondary N) is 3. The Morgan fingerprint density at radius 3 is 2.65 bits per heavy atom. The predicted octanol–water partition coefficient (Wildman–Crippen LogP) is 5.79. The molecule has 0 saturated heterocycles. The molecule has 8 heteroatoms. The number of fused-ring (bicyclic) bond motifs is 2. The predicted molar refractivity (Wildman–Crippen MR) is 142 cm³/mol. The number of hydrogen-bond donors (Lipinski definition) is 3. The fourth-order valence-corrected chi connectivity index (χ4v) is 6.22. The van der Waals surface area contributed by atoms with E-state index in [4.69, 9.17) is 4.98 Å². The average molecular weight is 491 g/mol. The maximum Gasteiger partial charge on any atom is 0.235 e. The maximum absolute atomic E-state index is 12.8. The highest BCUT2D eigenvalue weighted by Gasteiger charge is 2.25. The fourth-order valence-electron chi connectivity index (χ4n) is 4.29. The van der Waals surface area contributed by atoms with Gasteiger partial charge in [0.05, 0.1) is 28.1 Å². The first-order chi connectivity index (χ1) is 16.6. The van der Waals surface area contributed by atoms with Crippen LogP contribution in [0.3, 0.4) is 0 Å². The van der Waals surface area contributed by atoms with E-state index < -0.39 is 0 Å². The Kier molecular flexibility index (Phi) is 6.69. The molecule has 0 atom stereocenters. The summed E-state index contributed by atoms with van der Waals surface area (Å²) in [6.07, 6.45) is 4.36. The van der Waals surface area contributed by atoms with Crippen LogP contribution in [0, 0.1) is 6.92 Å². The number of anilines is 2. The van der Waals surface area contributed by atoms with Crippen LogP contribution < -0.4 is 10.6 Å². The summed E-state index contributed by atoms with van der Waals surface area (Å²) in [6, 6.07) is 15.6. The van der Waals surface area contributed by atoms with Crippen molar-refractivity contribution in [1.82, 2.24) is 9.97 Å². The van der Waals surface area contributed by atoms with Crippen LogP contribution in [0.25, 0.3) is 22.4 Å². The molecule has 0 spiro atoms. The van der Waals surface area contributed by atoms with Crippen molar-refractivity contribution < 1.29 is 9.59 Å². The largest absolute Gasteiger partial charge is 0.338 e. The summed E-state index contributed by atoms with van der Waals surface area (Å²) in [5.74, 6) is 1.02. The number of hydrogen-bond acceptors (Lipinski definition) is 5. The van der Waals surface area contributed by atoms with Gasteiger partial charge in [-0.05, 0) is 68.0 Å². The Bertz CT molecular complexity index is 1330. The van der Waals surface area contributed by atoms with Gasteiger partial charge in [-0.15, -0.1) is 23.1 Å². The smallest absolute Gasteiger partial charge is 0.235 e. The summed E-state index contributed by atoms with van der Waals surface area (Å²) in [4.78, 5) is 34.6. The van der Waals surface area contributed by atoms with E-state index in [0.717, 1.165) is 57.9 Å². The third-order valence-electron chi connectivity index (χ3n) is 5.82. The number of carbonyl (C=O) groups is 2. The van der Waals surface area contributed by atoms with Crippen LogP contribution in [-0.2, 0) is 22.4 Å². The van der Waals surface area contributed by atoms with Gasteiger partial charge in [0.15, 0.2) is 0 Å². The highest BCUT2D eigenvalue weighted by Crippen LogP contribution is 2.43. The molecular formula is C26H26N4O2S2. The Hall–Kier alpha value is -3.10. The van der Waals surface area contributed by atoms with Crippen molar-refractivity contribution in [2.24, 2.45) is 0 Å². The molecule has 0 aliphatic heterocycles. The number of rotatable bonds is 7. The number of thioether (sulfide) groups is 1. The van der Waals surface area contributed by atoms with Crippen molar-refractivity contribution >= 4 is 56.6 Å². The Morgan fingerprint density at radius 2 is 1.82 bits per heavy atom. The van der Waals surface area contributed by atoms with Crippen molar-refractivity contribution in [1.29, 1.82) is 0 Å². The number of amides is 2. The molecule has 4 aromatic rings. The minimum Gasteiger partial charge on any atom is -0.338 e. The third-order valence-corrected chi connectivity index (χ3v) is 7.96. The number of aryl methyl sites for hydroxylation is 2. The first-order valence-electron chi connectivity index (χ1n) is 11.4. The molecule has 2 aromatic carbocycles. The van der Waals surface area contributed by atoms with Crippen LogP contribution in [0.2, 0.25) is 0 Å². The number of benzene rings is 2. The van der Waals surface area contributed by atoms with Crippen molar-refractivity contribution in [3.63, 3.8) is 0 Å². The Labute approximate surface area is 206 Å². The Balaban J connectivity index is 1.26. The molecule has 0 fully saturated rings. The summed E-state index contributed by atoms with van der Waals surface area (Å²) < 4.78 is 0. The van der Waals surface area contributed by atoms with Gasteiger partial charge in [0, 0.05) is 10.6 Å². The van der Waals surface area contributed by atoms with Gasteiger partial charge in [-0.1, -0.05) is 24.3 Å². The van der Waals surface area contributed by atoms with E-state index in [1.165, 1.54) is 28.6 Å². The molecule has 2 amide bonds. The van der Waals surface area contributed by atoms with Gasteiger partial charge >= 0.3 is 0 Å². The van der Waals surface area contributed by atoms with Crippen LogP contribution in [0.5, 0.6) is 0 Å². The number of nitrogens with zero attached hydrogens (tertiary/aromatic N) is 1. The van der Waals surface area contributed by atoms with Gasteiger partial charge in [-0.25, -0.2) is 4.98 Å². The zero-order valence-corrected chi connectivity index (χ0v) is 20.6. The second-order valence-corrected chi connectivity index (χ2v) is 10.6. The molecule has 0 bridgehead atoms. The molecule has 6 nitrogen and oxygen atoms in total. The summed E-state index contributed by atoms with van der Waals surface area (Å²) in [6.45, 7) is 1.98. The highest BCUT2D eigenvalue weighted by atomic mass is 32.2. The van der Waals surface area contributed by atoms with Gasteiger partial charge in [0.25, 0.3) is 0 Å². The summed E-state index contributed by atoms with van der Waals surface area (Å²) >= 11 is 2.97. The summed E-state index contributed by atoms with van der Waals surface area (Å²) in [5, 5.41) is 6.84. The lowest BCUT2D eigenvalue weighted by molar-refractivity contribution is -0.114. The zero-order valence-electron chi connectivity index (χ0n) is 18.9. The molecule has 2 heterocycles. The second kappa shape index (κ2) is 10.0. The van der Waals surface area contributed by atoms with Crippen molar-refractivity contribution in [3.8, 4) is 11.4 Å². The van der Waals surface area contributed by atoms with Crippen LogP contribution in [0.1, 0.15) is 28.8 Å². The number of imidazole rings is 1. The summed E-state index contributed by atoms with van der Waals surface area (Å²) in [5.41, 5.74) is 6.09. The molecule has 0 radical (unpaired) electrons. The standard InChI is InChI=1S/C26H26N4O2S2/c1-16-7-6-8-17(13-16)27-22(31)14-33-15-23(32)30-26-24(18-9-2-5-12-21(18)34-26)25-28-19-10-3-4-11-20(19)29-25/h3-4,6-8,10-11,13H,2,5,9,12,14-15H2,1H3,(H,27,31)(H,28,29)(H,30,32). The molecule has 1 aliphatic rings. The number of aromatic nitrogens is 2. The topological polar surface area (TPSA) is 86.9 Å². The molecule has 2 aromatic heterocycles. The molecule has 1 aliphatic carbocycles. The quantitative estimate of drug-likeness (QED) is 0.306. The number of para-hydroxylation sites is 2. The molecule has 3 N–H and O–H groups in total. The lowest BCUT2D eigenvalue weighted by Crippen LogP contribution is -2.18. The van der Waals surface area contributed by atoms with Crippen molar-refractivity contribution in [2.45, 2.75) is 32.6 Å². The van der Waals surface area contributed by atoms with E-state index in [2.05, 4.69) is 15.6 Å². The van der Waals surface area contributed by atoms with Crippen LogP contribution in [-0.4, -0.2) is 33.3 Å². The van der Waals surface area contributed by atoms with Crippen LogP contribution in [0.4, 0.5) is 10.7 Å². The van der Waals surface area contributed by atoms with Gasteiger partial charge in [0.1, 0.15) is 10.8 Å². The Morgan fingerprint density at radius 1 is 1.03 bits per heavy atom. The molecule has 0 saturated carbocycles. The number of aromatic amines is 1. The van der Waals surface area contributed by atoms with Gasteiger partial charge in [-0.2, -0.15) is 0 Å². The minimum atomic E-state index is -0.113. The lowest BCUT2D eigenvalue weighted by atomic mass is 9.95. The number of thiophene rings is 1. The molecular weight excluding hydrogens is 464 g/mol. The highest BCUT2D eigenvalue weighted by molar-refractivity contribution is 8.00. The van der Waals surface area contributed by atoms with E-state index in [1.54, 1.807) is 11.3 Å². The van der Waals surface area contributed by atoms with E-state index in [-0.39, 0.29) is 23.3 Å². The maximum atomic E-state index is 12.8. The number of H-pyrrole nitrogens is 1. The molecule has 174 valence electrons. The van der Waals surface area contributed by atoms with E-state index in [0.29, 0.717) is 0 Å². The fraction of sp³-hybridized carbons (Fsp3) is 0.269. The molecule has 5 rings (SSSR count). The van der Waals surface area contributed by atoms with Crippen molar-refractivity contribution in [2.75, 3.05) is 22.1 Å². The molecule has 34 heavy (non-hydrogen) atoms. The van der Waals surface area contributed by atoms with E-state index in [1.807, 2.05) is 55.5 Å². The van der Waals surface area contributed by atoms with Gasteiger partial charge in [-0.3, -0.25) is 9.59 Å². The van der Waals surface area contributed by atoms with Crippen LogP contribution in [0.15, 0.2) is 48.5 Å². The zero-order chi connectivity index (χ0) is 23.5. The van der Waals surface area contributed by atoms with Gasteiger partial charge in [0.2, 0.25) is 11.8 Å². The first-order valence-corrected chi connectivity index (χ1v) is 13.4. The van der Waals surface area contributed by atoms with E-state index in [9.17, 15) is 9.59 Å². The third kappa shape index (κ3) is 5.03. The molecule has 0 unspecified atom stereocenters. The monoisotopic (exact) mass is 490 g/mol. The minimum absolute atomic E-state index is 0.107. The first kappa shape index (κ1) is 22.7. The van der Waals surface area contributed by atoms with Gasteiger partial charge < -0.3 is 15.6 Å². The second-order valence-electron chi connectivity index (χ2n) is 8.48. The SMILES string of the molecule is Cc1cccc(NC(=O)CSCC(=O)Nc2sc3c(c2-c2nc4ccccc4[nH]2)CCCC3)c1.